The monoisotopic (exact) mass is 387 g/mol. The highest BCUT2D eigenvalue weighted by Crippen LogP contribution is 2.35. The summed E-state index contributed by atoms with van der Waals surface area (Å²) in [6.45, 7) is 2.03. The number of pyridine rings is 1. The second-order valence-electron chi connectivity index (χ2n) is 7.66. The van der Waals surface area contributed by atoms with Gasteiger partial charge in [0.1, 0.15) is 11.5 Å². The number of nitrogens with zero attached hydrogens (tertiary/aromatic N) is 4. The number of anilines is 1. The zero-order chi connectivity index (χ0) is 19.8. The molecule has 0 atom stereocenters. The van der Waals surface area contributed by atoms with Gasteiger partial charge in [0.05, 0.1) is 16.8 Å². The van der Waals surface area contributed by atoms with E-state index in [1.54, 1.807) is 18.3 Å². The minimum atomic E-state index is -0.264. The minimum Gasteiger partial charge on any atom is -0.351 e. The molecule has 3 heterocycles. The zero-order valence-corrected chi connectivity index (χ0v) is 16.3. The predicted octanol–water partition coefficient (Wildman–Crippen LogP) is 5.26. The van der Waals surface area contributed by atoms with Crippen LogP contribution in [-0.2, 0) is 0 Å². The van der Waals surface area contributed by atoms with Gasteiger partial charge in [-0.25, -0.2) is 18.9 Å². The van der Waals surface area contributed by atoms with E-state index in [4.69, 9.17) is 10.1 Å². The van der Waals surface area contributed by atoms with E-state index in [2.05, 4.69) is 22.4 Å². The molecule has 6 heteroatoms. The van der Waals surface area contributed by atoms with E-state index < -0.39 is 0 Å². The van der Waals surface area contributed by atoms with Gasteiger partial charge in [-0.1, -0.05) is 18.9 Å². The van der Waals surface area contributed by atoms with Crippen LogP contribution in [0, 0.1) is 12.7 Å². The van der Waals surface area contributed by atoms with Gasteiger partial charge >= 0.3 is 0 Å². The van der Waals surface area contributed by atoms with Crippen LogP contribution in [0.25, 0.3) is 28.0 Å². The van der Waals surface area contributed by atoms with Crippen molar-refractivity contribution in [2.75, 3.05) is 5.32 Å². The highest BCUT2D eigenvalue weighted by Gasteiger charge is 2.20. The molecule has 0 radical (unpaired) electrons. The Morgan fingerprint density at radius 2 is 1.83 bits per heavy atom. The van der Waals surface area contributed by atoms with Crippen molar-refractivity contribution in [1.82, 2.24) is 19.6 Å². The van der Waals surface area contributed by atoms with Gasteiger partial charge in [0.2, 0.25) is 5.95 Å². The molecule has 0 bridgehead atoms. The van der Waals surface area contributed by atoms with Crippen molar-refractivity contribution in [3.63, 3.8) is 0 Å². The van der Waals surface area contributed by atoms with Gasteiger partial charge in [-0.15, -0.1) is 0 Å². The maximum Gasteiger partial charge on any atom is 0.223 e. The van der Waals surface area contributed by atoms with Gasteiger partial charge in [0.15, 0.2) is 0 Å². The summed E-state index contributed by atoms with van der Waals surface area (Å²) in [7, 11) is 0. The molecule has 1 aromatic carbocycles. The Hall–Kier alpha value is -3.28. The summed E-state index contributed by atoms with van der Waals surface area (Å²) in [5.74, 6) is 0.380. The summed E-state index contributed by atoms with van der Waals surface area (Å²) in [4.78, 5) is 9.23. The van der Waals surface area contributed by atoms with E-state index in [-0.39, 0.29) is 5.82 Å². The number of halogens is 1. The van der Waals surface area contributed by atoms with Crippen molar-refractivity contribution in [2.45, 2.75) is 38.6 Å². The fraction of sp³-hybridized carbons (Fsp3) is 0.261. The summed E-state index contributed by atoms with van der Waals surface area (Å²) in [6, 6.07) is 12.9. The first kappa shape index (κ1) is 17.8. The summed E-state index contributed by atoms with van der Waals surface area (Å²) in [5, 5.41) is 8.26. The van der Waals surface area contributed by atoms with E-state index >= 15 is 0 Å². The third kappa shape index (κ3) is 3.46. The largest absolute Gasteiger partial charge is 0.351 e. The first-order valence-corrected chi connectivity index (χ1v) is 10.0. The molecule has 1 fully saturated rings. The van der Waals surface area contributed by atoms with Crippen molar-refractivity contribution in [1.29, 1.82) is 0 Å². The summed E-state index contributed by atoms with van der Waals surface area (Å²) < 4.78 is 15.3. The third-order valence-corrected chi connectivity index (χ3v) is 5.50. The fourth-order valence-corrected chi connectivity index (χ4v) is 4.03. The van der Waals surface area contributed by atoms with Crippen molar-refractivity contribution >= 4 is 11.5 Å². The number of aryl methyl sites for hydroxylation is 1. The smallest absolute Gasteiger partial charge is 0.223 e. The lowest BCUT2D eigenvalue weighted by molar-refractivity contribution is 0.628. The number of fused-ring (bicyclic) bond motifs is 1. The van der Waals surface area contributed by atoms with Crippen LogP contribution in [0.15, 0.2) is 54.9 Å². The van der Waals surface area contributed by atoms with Crippen LogP contribution >= 0.6 is 0 Å². The van der Waals surface area contributed by atoms with Crippen LogP contribution in [0.5, 0.6) is 0 Å². The highest BCUT2D eigenvalue weighted by atomic mass is 19.1. The maximum atomic E-state index is 13.5. The lowest BCUT2D eigenvalue weighted by Gasteiger charge is -2.12. The van der Waals surface area contributed by atoms with Crippen LogP contribution in [0.1, 0.15) is 31.2 Å². The molecule has 0 aliphatic heterocycles. The topological polar surface area (TPSA) is 55.1 Å². The Kier molecular flexibility index (Phi) is 4.46. The number of rotatable bonds is 4. The van der Waals surface area contributed by atoms with Crippen molar-refractivity contribution in [3.05, 3.63) is 66.2 Å². The lowest BCUT2D eigenvalue weighted by atomic mass is 10.0. The molecule has 1 aliphatic carbocycles. The molecular weight excluding hydrogens is 365 g/mol. The van der Waals surface area contributed by atoms with Crippen molar-refractivity contribution in [3.8, 4) is 22.5 Å². The van der Waals surface area contributed by atoms with Crippen LogP contribution < -0.4 is 5.32 Å². The van der Waals surface area contributed by atoms with Crippen molar-refractivity contribution < 1.29 is 4.39 Å². The average Bonchev–Trinajstić information content (AvgIpc) is 3.36. The van der Waals surface area contributed by atoms with Crippen LogP contribution in [0.2, 0.25) is 0 Å². The molecule has 1 N–H and O–H groups in total. The van der Waals surface area contributed by atoms with Gasteiger partial charge in [0.25, 0.3) is 0 Å². The van der Waals surface area contributed by atoms with Crippen LogP contribution in [0.3, 0.4) is 0 Å². The molecule has 29 heavy (non-hydrogen) atoms. The minimum absolute atomic E-state index is 0.264. The van der Waals surface area contributed by atoms with E-state index in [9.17, 15) is 4.39 Å². The second-order valence-corrected chi connectivity index (χ2v) is 7.66. The van der Waals surface area contributed by atoms with E-state index in [0.29, 0.717) is 12.0 Å². The molecule has 5 rings (SSSR count). The Bertz CT molecular complexity index is 1160. The number of aromatic nitrogens is 4. The molecule has 0 unspecified atom stereocenters. The molecule has 1 saturated carbocycles. The molecule has 0 saturated heterocycles. The second kappa shape index (κ2) is 7.28. The first-order chi connectivity index (χ1) is 14.2. The normalized spacial score (nSPS) is 14.6. The van der Waals surface area contributed by atoms with E-state index in [1.165, 1.54) is 25.0 Å². The number of hydrogen-bond donors (Lipinski definition) is 1. The Morgan fingerprint density at radius 1 is 1.03 bits per heavy atom. The van der Waals surface area contributed by atoms with Crippen molar-refractivity contribution in [2.24, 2.45) is 0 Å². The first-order valence-electron chi connectivity index (χ1n) is 10.0. The summed E-state index contributed by atoms with van der Waals surface area (Å²) >= 11 is 0. The predicted molar refractivity (Wildman–Crippen MR) is 112 cm³/mol. The van der Waals surface area contributed by atoms with Gasteiger partial charge in [0, 0.05) is 24.0 Å². The summed E-state index contributed by atoms with van der Waals surface area (Å²) in [6.07, 6.45) is 8.59. The zero-order valence-electron chi connectivity index (χ0n) is 16.3. The van der Waals surface area contributed by atoms with Crippen LogP contribution in [0.4, 0.5) is 10.3 Å². The van der Waals surface area contributed by atoms with Gasteiger partial charge in [-0.2, -0.15) is 5.10 Å². The Balaban J connectivity index is 1.65. The Labute approximate surface area is 168 Å². The molecule has 146 valence electrons. The van der Waals surface area contributed by atoms with Gasteiger partial charge in [-0.05, 0) is 61.7 Å². The number of benzene rings is 1. The Morgan fingerprint density at radius 3 is 2.62 bits per heavy atom. The molecule has 1 aliphatic rings. The molecule has 0 amide bonds. The quantitative estimate of drug-likeness (QED) is 0.519. The molecule has 0 spiro atoms. The molecule has 3 aromatic heterocycles. The highest BCUT2D eigenvalue weighted by molar-refractivity contribution is 5.91. The molecule has 4 aromatic rings. The lowest BCUT2D eigenvalue weighted by Crippen LogP contribution is -2.16. The average molecular weight is 387 g/mol. The number of nitrogens with one attached hydrogen (secondary N) is 1. The standard InChI is InChI=1S/C23H22FN5/c1-15-6-11-20-21(19-12-13-25-23(27-19)26-18-4-2-3-5-18)22(28-29(20)14-15)16-7-9-17(24)10-8-16/h6-14,18H,2-5H2,1H3,(H,25,26,27). The summed E-state index contributed by atoms with van der Waals surface area (Å²) in [5.41, 5.74) is 5.43. The number of hydrogen-bond acceptors (Lipinski definition) is 4. The van der Waals surface area contributed by atoms with Crippen LogP contribution in [-0.4, -0.2) is 25.6 Å². The van der Waals surface area contributed by atoms with E-state index in [1.807, 2.05) is 23.7 Å². The van der Waals surface area contributed by atoms with Gasteiger partial charge < -0.3 is 5.32 Å². The SMILES string of the molecule is Cc1ccc2c(-c3ccnc(NC4CCCC4)n3)c(-c3ccc(F)cc3)nn2c1. The molecular formula is C23H22FN5. The maximum absolute atomic E-state index is 13.5. The fourth-order valence-electron chi connectivity index (χ4n) is 4.03. The molecule has 5 nitrogen and oxygen atoms in total. The van der Waals surface area contributed by atoms with Gasteiger partial charge in [-0.3, -0.25) is 0 Å². The third-order valence-electron chi connectivity index (χ3n) is 5.50. The van der Waals surface area contributed by atoms with E-state index in [0.717, 1.165) is 46.4 Å².